The predicted octanol–water partition coefficient (Wildman–Crippen LogP) is 7.09. The van der Waals surface area contributed by atoms with Crippen LogP contribution < -0.4 is 5.32 Å². The SMILES string of the molecule is CCc1ccc(C2CCN(C3CCC(CCCO)(C(=O)NCc4cc(C(F)(F)F)cc(C(F)(F)F)c4)C3)CC2)cc1. The first-order valence-electron chi connectivity index (χ1n) is 14.3. The molecule has 2 aromatic rings. The van der Waals surface area contributed by atoms with Gasteiger partial charge in [-0.05, 0) is 105 Å². The summed E-state index contributed by atoms with van der Waals surface area (Å²) in [6, 6.07) is 10.3. The maximum Gasteiger partial charge on any atom is 0.416 e. The number of hydrogen-bond acceptors (Lipinski definition) is 3. The monoisotopic (exact) mass is 584 g/mol. The molecular weight excluding hydrogens is 546 g/mol. The maximum atomic E-state index is 13.5. The Morgan fingerprint density at radius 3 is 2.10 bits per heavy atom. The van der Waals surface area contributed by atoms with Crippen molar-refractivity contribution in [1.82, 2.24) is 10.2 Å². The zero-order valence-electron chi connectivity index (χ0n) is 23.3. The fraction of sp³-hybridized carbons (Fsp3) is 0.581. The number of hydrogen-bond donors (Lipinski definition) is 2. The minimum absolute atomic E-state index is 0.0824. The summed E-state index contributed by atoms with van der Waals surface area (Å²) in [6.07, 6.45) is -4.22. The molecule has 41 heavy (non-hydrogen) atoms. The van der Waals surface area contributed by atoms with Crippen molar-refractivity contribution in [1.29, 1.82) is 0 Å². The third-order valence-electron chi connectivity index (χ3n) is 8.88. The second-order valence-electron chi connectivity index (χ2n) is 11.5. The average molecular weight is 585 g/mol. The van der Waals surface area contributed by atoms with Crippen LogP contribution in [0.5, 0.6) is 0 Å². The molecule has 1 saturated heterocycles. The zero-order valence-corrected chi connectivity index (χ0v) is 23.3. The molecule has 0 spiro atoms. The van der Waals surface area contributed by atoms with Crippen molar-refractivity contribution in [2.24, 2.45) is 5.41 Å². The van der Waals surface area contributed by atoms with Gasteiger partial charge in [0.25, 0.3) is 0 Å². The van der Waals surface area contributed by atoms with Crippen LogP contribution in [0.4, 0.5) is 26.3 Å². The van der Waals surface area contributed by atoms with Crippen LogP contribution in [0.3, 0.4) is 0 Å². The van der Waals surface area contributed by atoms with Gasteiger partial charge in [0.2, 0.25) is 5.91 Å². The van der Waals surface area contributed by atoms with E-state index in [9.17, 15) is 36.2 Å². The Labute approximate surface area is 237 Å². The minimum atomic E-state index is -4.95. The van der Waals surface area contributed by atoms with Crippen molar-refractivity contribution in [2.45, 2.75) is 89.1 Å². The van der Waals surface area contributed by atoms with E-state index >= 15 is 0 Å². The van der Waals surface area contributed by atoms with E-state index in [1.165, 1.54) is 11.1 Å². The van der Waals surface area contributed by atoms with Crippen LogP contribution >= 0.6 is 0 Å². The first-order valence-corrected chi connectivity index (χ1v) is 14.3. The largest absolute Gasteiger partial charge is 0.416 e. The van der Waals surface area contributed by atoms with Gasteiger partial charge in [0, 0.05) is 19.2 Å². The lowest BCUT2D eigenvalue weighted by Gasteiger charge is -2.37. The van der Waals surface area contributed by atoms with Crippen LogP contribution in [0.25, 0.3) is 0 Å². The summed E-state index contributed by atoms with van der Waals surface area (Å²) in [5.74, 6) is 0.0976. The third-order valence-corrected chi connectivity index (χ3v) is 8.88. The molecule has 1 saturated carbocycles. The van der Waals surface area contributed by atoms with E-state index in [1.54, 1.807) is 0 Å². The molecule has 1 aliphatic heterocycles. The molecule has 2 atom stereocenters. The molecule has 0 aromatic heterocycles. The van der Waals surface area contributed by atoms with Gasteiger partial charge in [-0.1, -0.05) is 31.2 Å². The minimum Gasteiger partial charge on any atom is -0.396 e. The highest BCUT2D eigenvalue weighted by atomic mass is 19.4. The zero-order chi connectivity index (χ0) is 29.8. The van der Waals surface area contributed by atoms with E-state index in [1.807, 2.05) is 0 Å². The van der Waals surface area contributed by atoms with Gasteiger partial charge in [-0.25, -0.2) is 0 Å². The van der Waals surface area contributed by atoms with Crippen molar-refractivity contribution in [2.75, 3.05) is 19.7 Å². The smallest absolute Gasteiger partial charge is 0.396 e. The highest BCUT2D eigenvalue weighted by Crippen LogP contribution is 2.45. The first kappa shape index (κ1) is 31.3. The van der Waals surface area contributed by atoms with E-state index < -0.39 is 35.4 Å². The molecule has 226 valence electrons. The molecule has 0 bridgehead atoms. The predicted molar refractivity (Wildman–Crippen MR) is 144 cm³/mol. The third kappa shape index (κ3) is 7.63. The van der Waals surface area contributed by atoms with E-state index in [-0.39, 0.29) is 30.2 Å². The van der Waals surface area contributed by atoms with Gasteiger partial charge in [0.05, 0.1) is 16.5 Å². The molecule has 1 aliphatic carbocycles. The number of aryl methyl sites for hydroxylation is 1. The second kappa shape index (κ2) is 12.7. The number of benzene rings is 2. The molecule has 2 N–H and O–H groups in total. The van der Waals surface area contributed by atoms with Crippen LogP contribution in [-0.4, -0.2) is 41.7 Å². The summed E-state index contributed by atoms with van der Waals surface area (Å²) in [4.78, 5) is 15.9. The maximum absolute atomic E-state index is 13.5. The lowest BCUT2D eigenvalue weighted by molar-refractivity contribution is -0.143. The molecule has 1 amide bonds. The number of carbonyl (C=O) groups is 1. The molecule has 2 aliphatic rings. The molecule has 2 unspecified atom stereocenters. The number of rotatable bonds is 9. The summed E-state index contributed by atoms with van der Waals surface area (Å²) in [5.41, 5.74) is -1.25. The van der Waals surface area contributed by atoms with Crippen molar-refractivity contribution in [3.8, 4) is 0 Å². The van der Waals surface area contributed by atoms with Gasteiger partial charge in [0.1, 0.15) is 0 Å². The lowest BCUT2D eigenvalue weighted by Crippen LogP contribution is -2.43. The number of amides is 1. The molecule has 0 radical (unpaired) electrons. The van der Waals surface area contributed by atoms with Gasteiger partial charge in [-0.2, -0.15) is 26.3 Å². The normalized spacial score (nSPS) is 22.7. The molecule has 1 heterocycles. The summed E-state index contributed by atoms with van der Waals surface area (Å²) < 4.78 is 79.6. The van der Waals surface area contributed by atoms with Crippen LogP contribution in [0, 0.1) is 5.41 Å². The molecule has 4 rings (SSSR count). The van der Waals surface area contributed by atoms with E-state index in [2.05, 4.69) is 41.4 Å². The van der Waals surface area contributed by atoms with Gasteiger partial charge >= 0.3 is 12.4 Å². The Hall–Kier alpha value is -2.59. The first-order chi connectivity index (χ1) is 19.3. The lowest BCUT2D eigenvalue weighted by atomic mass is 9.80. The van der Waals surface area contributed by atoms with E-state index in [4.69, 9.17) is 0 Å². The average Bonchev–Trinajstić information content (AvgIpc) is 3.39. The summed E-state index contributed by atoms with van der Waals surface area (Å²) in [5, 5.41) is 12.1. The van der Waals surface area contributed by atoms with Crippen molar-refractivity contribution < 1.29 is 36.2 Å². The number of likely N-dealkylation sites (tertiary alicyclic amines) is 1. The van der Waals surface area contributed by atoms with Crippen LogP contribution in [0.15, 0.2) is 42.5 Å². The molecule has 2 fully saturated rings. The summed E-state index contributed by atoms with van der Waals surface area (Å²) >= 11 is 0. The number of alkyl halides is 6. The number of aliphatic hydroxyl groups excluding tert-OH is 1. The second-order valence-corrected chi connectivity index (χ2v) is 11.5. The van der Waals surface area contributed by atoms with E-state index in [0.29, 0.717) is 43.7 Å². The molecule has 10 heteroatoms. The number of carbonyl (C=O) groups excluding carboxylic acids is 1. The topological polar surface area (TPSA) is 52.6 Å². The molecular formula is C31H38F6N2O2. The van der Waals surface area contributed by atoms with Gasteiger partial charge < -0.3 is 15.3 Å². The van der Waals surface area contributed by atoms with Crippen molar-refractivity contribution >= 4 is 5.91 Å². The van der Waals surface area contributed by atoms with Gasteiger partial charge in [-0.15, -0.1) is 0 Å². The Balaban J connectivity index is 1.41. The van der Waals surface area contributed by atoms with Crippen molar-refractivity contribution in [3.05, 3.63) is 70.3 Å². The van der Waals surface area contributed by atoms with Gasteiger partial charge in [-0.3, -0.25) is 4.79 Å². The standard InChI is InChI=1S/C31H38F6N2O2/c1-2-21-4-6-23(7-5-21)24-9-13-39(14-10-24)27-8-12-29(19-27,11-3-15-40)28(41)38-20-22-16-25(30(32,33)34)18-26(17-22)31(35,36)37/h4-7,16-18,24,27,40H,2-3,8-15,19-20H2,1H3,(H,38,41). The Kier molecular flexibility index (Phi) is 9.74. The van der Waals surface area contributed by atoms with Crippen LogP contribution in [0.1, 0.15) is 85.6 Å². The number of nitrogens with zero attached hydrogens (tertiary/aromatic N) is 1. The highest BCUT2D eigenvalue weighted by molar-refractivity contribution is 5.83. The molecule has 2 aromatic carbocycles. The number of piperidine rings is 1. The fourth-order valence-corrected chi connectivity index (χ4v) is 6.49. The number of nitrogens with one attached hydrogen (secondary N) is 1. The Morgan fingerprint density at radius 2 is 1.56 bits per heavy atom. The summed E-state index contributed by atoms with van der Waals surface area (Å²) in [7, 11) is 0. The number of aliphatic hydroxyl groups is 1. The Bertz CT molecular complexity index is 1140. The number of halogens is 6. The van der Waals surface area contributed by atoms with E-state index in [0.717, 1.165) is 38.8 Å². The van der Waals surface area contributed by atoms with Gasteiger partial charge in [0.15, 0.2) is 0 Å². The van der Waals surface area contributed by atoms with Crippen LogP contribution in [-0.2, 0) is 30.1 Å². The fourth-order valence-electron chi connectivity index (χ4n) is 6.49. The van der Waals surface area contributed by atoms with Crippen LogP contribution in [0.2, 0.25) is 0 Å². The molecule has 4 nitrogen and oxygen atoms in total. The summed E-state index contributed by atoms with van der Waals surface area (Å²) in [6.45, 7) is 3.37. The highest BCUT2D eigenvalue weighted by Gasteiger charge is 2.46. The quantitative estimate of drug-likeness (QED) is 0.310. The van der Waals surface area contributed by atoms with Crippen molar-refractivity contribution in [3.63, 3.8) is 0 Å². The Morgan fingerprint density at radius 1 is 0.951 bits per heavy atom.